The zero-order chi connectivity index (χ0) is 24.5. The molecule has 4 rings (SSSR count). The summed E-state index contributed by atoms with van der Waals surface area (Å²) >= 11 is 0. The minimum atomic E-state index is -4.63. The Balaban J connectivity index is 1.44. The fourth-order valence-corrected chi connectivity index (χ4v) is 5.44. The summed E-state index contributed by atoms with van der Waals surface area (Å²) < 4.78 is 77.5. The van der Waals surface area contributed by atoms with Crippen molar-refractivity contribution in [3.63, 3.8) is 0 Å². The van der Waals surface area contributed by atoms with Gasteiger partial charge in [0.25, 0.3) is 0 Å². The molecule has 0 amide bonds. The predicted octanol–water partition coefficient (Wildman–Crippen LogP) is 3.35. The third-order valence-electron chi connectivity index (χ3n) is 6.44. The van der Waals surface area contributed by atoms with Crippen LogP contribution in [0.1, 0.15) is 35.8 Å². The average Bonchev–Trinajstić information content (AvgIpc) is 2.77. The van der Waals surface area contributed by atoms with E-state index >= 15 is 0 Å². The van der Waals surface area contributed by atoms with Crippen LogP contribution in [0.5, 0.6) is 5.75 Å². The molecule has 1 aromatic heterocycles. The highest BCUT2D eigenvalue weighted by atomic mass is 32.2. The summed E-state index contributed by atoms with van der Waals surface area (Å²) in [4.78, 5) is 13.8. The van der Waals surface area contributed by atoms with E-state index in [2.05, 4.69) is 0 Å². The summed E-state index contributed by atoms with van der Waals surface area (Å²) in [6.45, 7) is 1.19. The lowest BCUT2D eigenvalue weighted by molar-refractivity contribution is -0.193. The van der Waals surface area contributed by atoms with E-state index in [1.807, 2.05) is 18.2 Å². The Morgan fingerprint density at radius 2 is 1.82 bits per heavy atom. The van der Waals surface area contributed by atoms with Crippen molar-refractivity contribution in [3.05, 3.63) is 63.7 Å². The number of fused-ring (bicyclic) bond motifs is 1. The summed E-state index contributed by atoms with van der Waals surface area (Å²) in [6, 6.07) is 6.20. The maximum absolute atomic E-state index is 14.0. The number of piperidine rings is 1. The second-order valence-electron chi connectivity index (χ2n) is 8.86. The van der Waals surface area contributed by atoms with Crippen LogP contribution in [0.2, 0.25) is 0 Å². The molecule has 1 fully saturated rings. The van der Waals surface area contributed by atoms with Crippen LogP contribution in [0, 0.1) is 5.92 Å². The largest absolute Gasteiger partial charge is 0.486 e. The van der Waals surface area contributed by atoms with Crippen LogP contribution < -0.4 is 10.2 Å². The molecule has 1 saturated heterocycles. The van der Waals surface area contributed by atoms with E-state index in [-0.39, 0.29) is 31.4 Å². The zero-order valence-electron chi connectivity index (χ0n) is 18.8. The van der Waals surface area contributed by atoms with Crippen LogP contribution in [0.15, 0.2) is 45.8 Å². The molecule has 2 aromatic rings. The number of hydrogen-bond donors (Lipinski definition) is 0. The molecule has 0 N–H and O–H groups in total. The Bertz CT molecular complexity index is 1170. The lowest BCUT2D eigenvalue weighted by atomic mass is 9.98. The van der Waals surface area contributed by atoms with Crippen molar-refractivity contribution in [2.75, 3.05) is 32.5 Å². The van der Waals surface area contributed by atoms with Gasteiger partial charge in [0.2, 0.25) is 21.2 Å². The molecule has 11 heteroatoms. The molecule has 0 aliphatic carbocycles. The van der Waals surface area contributed by atoms with Gasteiger partial charge in [-0.1, -0.05) is 24.3 Å². The SMILES string of the molecule is CS(=O)(=O)N1CCC(COc2coc([C@H](N3CCc4ccccc4C3)C(F)(F)F)cc2=O)CC1. The molecule has 1 atom stereocenters. The monoisotopic (exact) mass is 500 g/mol. The summed E-state index contributed by atoms with van der Waals surface area (Å²) in [5.41, 5.74) is 1.17. The molecule has 2 aliphatic rings. The summed E-state index contributed by atoms with van der Waals surface area (Å²) in [6.07, 6.45) is -0.899. The standard InChI is InChI=1S/C23H27F3N2O5S/c1-34(30,31)28-10-6-16(7-11-28)14-32-21-15-33-20(12-19(21)29)22(23(24,25)26)27-9-8-17-4-2-3-5-18(17)13-27/h2-5,12,15-16,22H,6-11,13-14H2,1H3/t22-/m0/s1. The second-order valence-corrected chi connectivity index (χ2v) is 10.8. The Labute approximate surface area is 196 Å². The number of halogens is 3. The second kappa shape index (κ2) is 9.71. The van der Waals surface area contributed by atoms with Gasteiger partial charge in [0.1, 0.15) is 12.0 Å². The topological polar surface area (TPSA) is 80.1 Å². The van der Waals surface area contributed by atoms with E-state index in [0.717, 1.165) is 29.7 Å². The Morgan fingerprint density at radius 1 is 1.15 bits per heavy atom. The van der Waals surface area contributed by atoms with Gasteiger partial charge in [0.15, 0.2) is 6.04 Å². The Kier molecular flexibility index (Phi) is 7.07. The third kappa shape index (κ3) is 5.64. The number of ether oxygens (including phenoxy) is 1. The average molecular weight is 501 g/mol. The van der Waals surface area contributed by atoms with Gasteiger partial charge in [0.05, 0.1) is 12.9 Å². The van der Waals surface area contributed by atoms with Crippen molar-refractivity contribution in [2.45, 2.75) is 38.0 Å². The van der Waals surface area contributed by atoms with E-state index < -0.39 is 33.4 Å². The lowest BCUT2D eigenvalue weighted by Gasteiger charge is -2.35. The lowest BCUT2D eigenvalue weighted by Crippen LogP contribution is -2.41. The van der Waals surface area contributed by atoms with E-state index in [1.54, 1.807) is 6.07 Å². The molecule has 186 valence electrons. The minimum Gasteiger partial charge on any atom is -0.486 e. The Hall–Kier alpha value is -2.37. The highest BCUT2D eigenvalue weighted by Gasteiger charge is 2.47. The molecule has 0 radical (unpaired) electrons. The highest BCUT2D eigenvalue weighted by Crippen LogP contribution is 2.40. The summed E-state index contributed by atoms with van der Waals surface area (Å²) in [5, 5.41) is 0. The van der Waals surface area contributed by atoms with Crippen LogP contribution in [0.4, 0.5) is 13.2 Å². The van der Waals surface area contributed by atoms with Crippen LogP contribution in [-0.4, -0.2) is 56.3 Å². The highest BCUT2D eigenvalue weighted by molar-refractivity contribution is 7.88. The van der Waals surface area contributed by atoms with Gasteiger partial charge in [-0.2, -0.15) is 13.2 Å². The first-order chi connectivity index (χ1) is 16.0. The summed E-state index contributed by atoms with van der Waals surface area (Å²) in [5.74, 6) is -0.585. The quantitative estimate of drug-likeness (QED) is 0.605. The molecule has 2 aliphatic heterocycles. The first-order valence-electron chi connectivity index (χ1n) is 11.1. The maximum Gasteiger partial charge on any atom is 0.411 e. The van der Waals surface area contributed by atoms with E-state index in [4.69, 9.17) is 9.15 Å². The summed E-state index contributed by atoms with van der Waals surface area (Å²) in [7, 11) is -3.24. The van der Waals surface area contributed by atoms with E-state index in [1.165, 1.54) is 9.21 Å². The number of rotatable bonds is 6. The van der Waals surface area contributed by atoms with Gasteiger partial charge < -0.3 is 9.15 Å². The number of nitrogens with zero attached hydrogens (tertiary/aromatic N) is 2. The molecular formula is C23H27F3N2O5S. The first kappa shape index (κ1) is 24.7. The normalized spacial score (nSPS) is 19.5. The first-order valence-corrected chi connectivity index (χ1v) is 13.0. The number of hydrogen-bond acceptors (Lipinski definition) is 6. The fraction of sp³-hybridized carbons (Fsp3) is 0.522. The van der Waals surface area contributed by atoms with Crippen molar-refractivity contribution >= 4 is 10.0 Å². The molecule has 0 unspecified atom stereocenters. The third-order valence-corrected chi connectivity index (χ3v) is 7.74. The number of alkyl halides is 3. The van der Waals surface area contributed by atoms with Crippen molar-refractivity contribution in [1.82, 2.24) is 9.21 Å². The molecule has 1 aromatic carbocycles. The van der Waals surface area contributed by atoms with Crippen molar-refractivity contribution in [2.24, 2.45) is 5.92 Å². The van der Waals surface area contributed by atoms with Crippen LogP contribution >= 0.6 is 0 Å². The van der Waals surface area contributed by atoms with Gasteiger partial charge in [-0.15, -0.1) is 0 Å². The van der Waals surface area contributed by atoms with Crippen molar-refractivity contribution in [1.29, 1.82) is 0 Å². The van der Waals surface area contributed by atoms with Crippen molar-refractivity contribution < 1.29 is 30.7 Å². The van der Waals surface area contributed by atoms with Gasteiger partial charge in [-0.3, -0.25) is 9.69 Å². The molecule has 34 heavy (non-hydrogen) atoms. The maximum atomic E-state index is 14.0. The van der Waals surface area contributed by atoms with Gasteiger partial charge in [0, 0.05) is 32.2 Å². The van der Waals surface area contributed by atoms with Crippen LogP contribution in [0.25, 0.3) is 0 Å². The Morgan fingerprint density at radius 3 is 2.44 bits per heavy atom. The van der Waals surface area contributed by atoms with Gasteiger partial charge >= 0.3 is 6.18 Å². The molecule has 0 bridgehead atoms. The fourth-order valence-electron chi connectivity index (χ4n) is 4.56. The van der Waals surface area contributed by atoms with E-state index in [9.17, 15) is 26.4 Å². The zero-order valence-corrected chi connectivity index (χ0v) is 19.6. The minimum absolute atomic E-state index is 0.0356. The molecular weight excluding hydrogens is 473 g/mol. The van der Waals surface area contributed by atoms with Gasteiger partial charge in [-0.25, -0.2) is 12.7 Å². The molecule has 0 saturated carbocycles. The van der Waals surface area contributed by atoms with Crippen molar-refractivity contribution in [3.8, 4) is 5.75 Å². The number of sulfonamides is 1. The smallest absolute Gasteiger partial charge is 0.411 e. The molecule has 7 nitrogen and oxygen atoms in total. The van der Waals surface area contributed by atoms with Gasteiger partial charge in [-0.05, 0) is 36.3 Å². The van der Waals surface area contributed by atoms with Crippen LogP contribution in [0.3, 0.4) is 0 Å². The van der Waals surface area contributed by atoms with E-state index in [0.29, 0.717) is 32.4 Å². The van der Waals surface area contributed by atoms with Crippen LogP contribution in [-0.2, 0) is 23.0 Å². The molecule has 3 heterocycles. The predicted molar refractivity (Wildman–Crippen MR) is 119 cm³/mol. The number of benzene rings is 1. The molecule has 0 spiro atoms.